The number of thiazole rings is 1. The van der Waals surface area contributed by atoms with E-state index in [1.165, 1.54) is 11.3 Å². The largest absolute Gasteiger partial charge is 0.478 e. The number of carboxylic acids is 1. The van der Waals surface area contributed by atoms with E-state index in [1.807, 2.05) is 0 Å². The molecule has 2 heterocycles. The van der Waals surface area contributed by atoms with Gasteiger partial charge in [0.15, 0.2) is 0 Å². The second kappa shape index (κ2) is 6.96. The molecule has 0 saturated carbocycles. The minimum absolute atomic E-state index is 0.147. The van der Waals surface area contributed by atoms with E-state index in [0.29, 0.717) is 22.0 Å². The molecule has 0 fully saturated rings. The molecule has 2 aromatic heterocycles. The van der Waals surface area contributed by atoms with Crippen molar-refractivity contribution in [3.05, 3.63) is 33.9 Å². The van der Waals surface area contributed by atoms with Gasteiger partial charge >= 0.3 is 12.1 Å². The molecule has 0 spiro atoms. The summed E-state index contributed by atoms with van der Waals surface area (Å²) in [5, 5.41) is 14.3. The zero-order valence-electron chi connectivity index (χ0n) is 13.9. The Labute approximate surface area is 143 Å². The van der Waals surface area contributed by atoms with E-state index < -0.39 is 17.7 Å². The monoisotopic (exact) mass is 349 g/mol. The number of amides is 1. The normalized spacial score (nSPS) is 11.2. The lowest BCUT2D eigenvalue weighted by Gasteiger charge is -2.19. The van der Waals surface area contributed by atoms with Crippen LogP contribution < -0.4 is 5.32 Å². The molecule has 2 N–H and O–H groups in total. The summed E-state index contributed by atoms with van der Waals surface area (Å²) in [4.78, 5) is 31.3. The molecule has 0 aromatic carbocycles. The van der Waals surface area contributed by atoms with Crippen LogP contribution in [0.2, 0.25) is 0 Å². The van der Waals surface area contributed by atoms with Crippen LogP contribution in [0.4, 0.5) is 4.79 Å². The number of carbonyl (C=O) groups is 2. The van der Waals surface area contributed by atoms with Gasteiger partial charge in [-0.05, 0) is 33.8 Å². The quantitative estimate of drug-likeness (QED) is 0.879. The highest BCUT2D eigenvalue weighted by molar-refractivity contribution is 7.09. The smallest absolute Gasteiger partial charge is 0.408 e. The summed E-state index contributed by atoms with van der Waals surface area (Å²) in [5.41, 5.74) is 1.29. The van der Waals surface area contributed by atoms with E-state index in [9.17, 15) is 9.59 Å². The third-order valence-electron chi connectivity index (χ3n) is 2.95. The molecule has 24 heavy (non-hydrogen) atoms. The molecule has 8 heteroatoms. The summed E-state index contributed by atoms with van der Waals surface area (Å²) in [6, 6.07) is 1.55. The number of hydrogen-bond donors (Lipinski definition) is 2. The fourth-order valence-electron chi connectivity index (χ4n) is 1.88. The maximum atomic E-state index is 11.6. The van der Waals surface area contributed by atoms with Crippen molar-refractivity contribution < 1.29 is 19.4 Å². The Morgan fingerprint density at radius 2 is 2.08 bits per heavy atom. The van der Waals surface area contributed by atoms with Crippen LogP contribution in [0, 0.1) is 6.92 Å². The topological polar surface area (TPSA) is 101 Å². The molecule has 0 aliphatic heterocycles. The van der Waals surface area contributed by atoms with Gasteiger partial charge in [-0.3, -0.25) is 4.98 Å². The molecular formula is C16H19N3O4S. The van der Waals surface area contributed by atoms with Crippen molar-refractivity contribution in [3.8, 4) is 11.3 Å². The fourth-order valence-corrected chi connectivity index (χ4v) is 2.62. The predicted octanol–water partition coefficient (Wildman–Crippen LogP) is 3.24. The van der Waals surface area contributed by atoms with Gasteiger partial charge in [0.25, 0.3) is 0 Å². The SMILES string of the molecule is Cc1ncc(-c2csc(CNC(=O)OC(C)(C)C)n2)cc1C(=O)O. The number of aryl methyl sites for hydroxylation is 1. The summed E-state index contributed by atoms with van der Waals surface area (Å²) in [5.74, 6) is -1.02. The maximum Gasteiger partial charge on any atom is 0.408 e. The third-order valence-corrected chi connectivity index (χ3v) is 3.80. The van der Waals surface area contributed by atoms with Crippen molar-refractivity contribution in [2.24, 2.45) is 0 Å². The zero-order valence-corrected chi connectivity index (χ0v) is 14.7. The highest BCUT2D eigenvalue weighted by Gasteiger charge is 2.16. The molecule has 0 aliphatic rings. The van der Waals surface area contributed by atoms with Crippen LogP contribution in [0.3, 0.4) is 0 Å². The summed E-state index contributed by atoms with van der Waals surface area (Å²) in [7, 11) is 0. The first-order valence-corrected chi connectivity index (χ1v) is 8.15. The minimum atomic E-state index is -1.02. The van der Waals surface area contributed by atoms with Crippen molar-refractivity contribution in [1.29, 1.82) is 0 Å². The van der Waals surface area contributed by atoms with Gasteiger partial charge in [0.1, 0.15) is 10.6 Å². The van der Waals surface area contributed by atoms with Crippen LogP contribution in [0.15, 0.2) is 17.6 Å². The second-order valence-corrected chi connectivity index (χ2v) is 7.09. The van der Waals surface area contributed by atoms with Crippen molar-refractivity contribution in [3.63, 3.8) is 0 Å². The lowest BCUT2D eigenvalue weighted by molar-refractivity contribution is 0.0523. The van der Waals surface area contributed by atoms with Gasteiger partial charge in [0.05, 0.1) is 23.5 Å². The first-order chi connectivity index (χ1) is 11.2. The molecule has 0 bridgehead atoms. The Kier molecular flexibility index (Phi) is 5.18. The van der Waals surface area contributed by atoms with Crippen molar-refractivity contribution in [2.45, 2.75) is 39.8 Å². The van der Waals surface area contributed by atoms with Crippen molar-refractivity contribution >= 4 is 23.4 Å². The van der Waals surface area contributed by atoms with Gasteiger partial charge in [-0.2, -0.15) is 0 Å². The molecule has 0 unspecified atom stereocenters. The van der Waals surface area contributed by atoms with Gasteiger partial charge in [-0.15, -0.1) is 11.3 Å². The Hall–Kier alpha value is -2.48. The molecule has 0 atom stereocenters. The predicted molar refractivity (Wildman–Crippen MR) is 90.1 cm³/mol. The number of nitrogens with one attached hydrogen (secondary N) is 1. The first-order valence-electron chi connectivity index (χ1n) is 7.27. The molecule has 0 aliphatic carbocycles. The van der Waals surface area contributed by atoms with Crippen LogP contribution in [-0.4, -0.2) is 32.7 Å². The number of nitrogens with zero attached hydrogens (tertiary/aromatic N) is 2. The zero-order chi connectivity index (χ0) is 17.9. The summed E-state index contributed by atoms with van der Waals surface area (Å²) < 4.78 is 5.16. The van der Waals surface area contributed by atoms with E-state index in [4.69, 9.17) is 9.84 Å². The molecule has 7 nitrogen and oxygen atoms in total. The van der Waals surface area contributed by atoms with Gasteiger partial charge in [0, 0.05) is 17.1 Å². The number of alkyl carbamates (subject to hydrolysis) is 1. The van der Waals surface area contributed by atoms with E-state index >= 15 is 0 Å². The molecule has 0 radical (unpaired) electrons. The molecule has 2 aromatic rings. The Bertz CT molecular complexity index is 765. The average molecular weight is 349 g/mol. The summed E-state index contributed by atoms with van der Waals surface area (Å²) >= 11 is 1.37. The molecule has 1 amide bonds. The van der Waals surface area contributed by atoms with Gasteiger partial charge in [-0.1, -0.05) is 0 Å². The van der Waals surface area contributed by atoms with Gasteiger partial charge in [0.2, 0.25) is 0 Å². The van der Waals surface area contributed by atoms with Crippen molar-refractivity contribution in [1.82, 2.24) is 15.3 Å². The van der Waals surface area contributed by atoms with Crippen LogP contribution in [0.25, 0.3) is 11.3 Å². The van der Waals surface area contributed by atoms with Crippen molar-refractivity contribution in [2.75, 3.05) is 0 Å². The lowest BCUT2D eigenvalue weighted by atomic mass is 10.1. The Morgan fingerprint density at radius 3 is 2.71 bits per heavy atom. The summed E-state index contributed by atoms with van der Waals surface area (Å²) in [6.07, 6.45) is 1.08. The lowest BCUT2D eigenvalue weighted by Crippen LogP contribution is -2.32. The Balaban J connectivity index is 2.07. The number of aromatic carboxylic acids is 1. The number of hydrogen-bond acceptors (Lipinski definition) is 6. The van der Waals surface area contributed by atoms with Crippen LogP contribution in [0.5, 0.6) is 0 Å². The van der Waals surface area contributed by atoms with E-state index in [0.717, 1.165) is 0 Å². The average Bonchev–Trinajstić information content (AvgIpc) is 2.92. The van der Waals surface area contributed by atoms with Crippen LogP contribution in [-0.2, 0) is 11.3 Å². The number of aromatic nitrogens is 2. The fraction of sp³-hybridized carbons (Fsp3) is 0.375. The maximum absolute atomic E-state index is 11.6. The second-order valence-electron chi connectivity index (χ2n) is 6.14. The molecule has 128 valence electrons. The van der Waals surface area contributed by atoms with Crippen LogP contribution in [0.1, 0.15) is 41.8 Å². The standard InChI is InChI=1S/C16H19N3O4S/c1-9-11(14(20)21)5-10(6-17-9)12-8-24-13(19-12)7-18-15(22)23-16(2,3)4/h5-6,8H,7H2,1-4H3,(H,18,22)(H,20,21). The highest BCUT2D eigenvalue weighted by atomic mass is 32.1. The number of carboxylic acid groups (broad SMARTS) is 1. The number of ether oxygens (including phenoxy) is 1. The van der Waals surface area contributed by atoms with E-state index in [2.05, 4.69) is 15.3 Å². The minimum Gasteiger partial charge on any atom is -0.478 e. The van der Waals surface area contributed by atoms with Crippen LogP contribution >= 0.6 is 11.3 Å². The molecular weight excluding hydrogens is 330 g/mol. The van der Waals surface area contributed by atoms with Gasteiger partial charge < -0.3 is 15.2 Å². The number of carbonyl (C=O) groups excluding carboxylic acids is 1. The first kappa shape index (κ1) is 17.9. The molecule has 0 saturated heterocycles. The van der Waals surface area contributed by atoms with E-state index in [1.54, 1.807) is 45.3 Å². The van der Waals surface area contributed by atoms with E-state index in [-0.39, 0.29) is 12.1 Å². The van der Waals surface area contributed by atoms with Gasteiger partial charge in [-0.25, -0.2) is 14.6 Å². The number of rotatable bonds is 4. The summed E-state index contributed by atoms with van der Waals surface area (Å²) in [6.45, 7) is 7.25. The highest BCUT2D eigenvalue weighted by Crippen LogP contribution is 2.23. The Morgan fingerprint density at radius 1 is 1.38 bits per heavy atom. The third kappa shape index (κ3) is 4.76. The molecule has 2 rings (SSSR count). The number of pyridine rings is 1.